The van der Waals surface area contributed by atoms with E-state index in [2.05, 4.69) is 21.2 Å². The topological polar surface area (TPSA) is 92.4 Å². The van der Waals surface area contributed by atoms with E-state index in [4.69, 9.17) is 17.0 Å². The number of ether oxygens (including phenoxy) is 1. The van der Waals surface area contributed by atoms with E-state index in [1.807, 2.05) is 13.8 Å². The van der Waals surface area contributed by atoms with Crippen molar-refractivity contribution in [2.24, 2.45) is 0 Å². The average Bonchev–Trinajstić information content (AvgIpc) is 2.67. The van der Waals surface area contributed by atoms with E-state index < -0.39 is 11.8 Å². The summed E-state index contributed by atoms with van der Waals surface area (Å²) in [4.78, 5) is 27.9. The average molecular weight is 372 g/mol. The van der Waals surface area contributed by atoms with Crippen molar-refractivity contribution in [3.63, 3.8) is 0 Å². The molecule has 0 aliphatic rings. The van der Waals surface area contributed by atoms with Gasteiger partial charge in [0, 0.05) is 23.5 Å². The molecule has 1 aromatic heterocycles. The molecule has 0 aliphatic heterocycles. The minimum absolute atomic E-state index is 0.0164. The normalized spacial score (nSPS) is 11.2. The molecule has 8 heteroatoms. The van der Waals surface area contributed by atoms with Crippen molar-refractivity contribution < 1.29 is 14.3 Å². The zero-order chi connectivity index (χ0) is 18.9. The van der Waals surface area contributed by atoms with E-state index in [1.165, 1.54) is 12.4 Å². The molecular formula is C18H20N4O3S. The number of thiocarbonyl (C=S) groups is 1. The van der Waals surface area contributed by atoms with Crippen molar-refractivity contribution in [2.45, 2.75) is 26.4 Å². The van der Waals surface area contributed by atoms with Crippen LogP contribution in [0.25, 0.3) is 0 Å². The van der Waals surface area contributed by atoms with Crippen LogP contribution in [0.4, 0.5) is 0 Å². The predicted molar refractivity (Wildman–Crippen MR) is 102 cm³/mol. The Balaban J connectivity index is 1.83. The summed E-state index contributed by atoms with van der Waals surface area (Å²) in [7, 11) is 0. The number of pyridine rings is 1. The molecule has 7 nitrogen and oxygen atoms in total. The third kappa shape index (κ3) is 5.82. The summed E-state index contributed by atoms with van der Waals surface area (Å²) in [5.74, 6) is -0.0903. The molecule has 0 aliphatic carbocycles. The molecular weight excluding hydrogens is 352 g/mol. The largest absolute Gasteiger partial charge is 0.491 e. The highest BCUT2D eigenvalue weighted by atomic mass is 32.1. The molecule has 0 radical (unpaired) electrons. The molecule has 0 fully saturated rings. The molecule has 26 heavy (non-hydrogen) atoms. The van der Waals surface area contributed by atoms with Gasteiger partial charge in [0.15, 0.2) is 5.11 Å². The first-order valence-electron chi connectivity index (χ1n) is 8.08. The molecule has 0 bridgehead atoms. The van der Waals surface area contributed by atoms with E-state index in [0.29, 0.717) is 16.9 Å². The third-order valence-corrected chi connectivity index (χ3v) is 3.69. The number of carbonyl (C=O) groups is 2. The summed E-state index contributed by atoms with van der Waals surface area (Å²) in [5, 5.41) is 2.47. The smallest absolute Gasteiger partial charge is 0.269 e. The number of hydrogen-bond donors (Lipinski definition) is 3. The van der Waals surface area contributed by atoms with Gasteiger partial charge < -0.3 is 4.74 Å². The van der Waals surface area contributed by atoms with Gasteiger partial charge >= 0.3 is 0 Å². The van der Waals surface area contributed by atoms with Crippen LogP contribution in [-0.2, 0) is 0 Å². The van der Waals surface area contributed by atoms with Gasteiger partial charge in [0.2, 0.25) is 0 Å². The van der Waals surface area contributed by atoms with Crippen LogP contribution < -0.4 is 20.9 Å². The van der Waals surface area contributed by atoms with E-state index in [0.717, 1.165) is 6.42 Å². The monoisotopic (exact) mass is 372 g/mol. The van der Waals surface area contributed by atoms with Crippen LogP contribution in [0.2, 0.25) is 0 Å². The standard InChI is InChI=1S/C18H20N4O3S/c1-3-12(2)25-15-6-4-13(5-7-15)16(23)20-18(26)22-21-17(24)14-8-10-19-11-9-14/h4-12H,3H2,1-2H3,(H,21,24)(H2,20,22,23,26)/t12-/m0/s1. The van der Waals surface area contributed by atoms with Gasteiger partial charge in [-0.3, -0.25) is 30.7 Å². The van der Waals surface area contributed by atoms with Gasteiger partial charge in [-0.05, 0) is 62.0 Å². The van der Waals surface area contributed by atoms with Gasteiger partial charge in [0.1, 0.15) is 5.75 Å². The molecule has 0 saturated heterocycles. The van der Waals surface area contributed by atoms with Crippen LogP contribution >= 0.6 is 12.2 Å². The van der Waals surface area contributed by atoms with E-state index in [1.54, 1.807) is 36.4 Å². The summed E-state index contributed by atoms with van der Waals surface area (Å²) < 4.78 is 5.66. The van der Waals surface area contributed by atoms with Crippen LogP contribution in [-0.4, -0.2) is 28.0 Å². The second-order valence-corrected chi connectivity index (χ2v) is 5.87. The SMILES string of the molecule is CC[C@H](C)Oc1ccc(C(=O)NC(=S)NNC(=O)c2ccncc2)cc1. The fraction of sp³-hybridized carbons (Fsp3) is 0.222. The molecule has 2 aromatic rings. The van der Waals surface area contributed by atoms with Crippen LogP contribution in [0, 0.1) is 0 Å². The van der Waals surface area contributed by atoms with E-state index in [-0.39, 0.29) is 11.2 Å². The molecule has 3 N–H and O–H groups in total. The molecule has 0 unspecified atom stereocenters. The van der Waals surface area contributed by atoms with Gasteiger partial charge in [-0.2, -0.15) is 0 Å². The summed E-state index contributed by atoms with van der Waals surface area (Å²) in [6.45, 7) is 4.01. The number of nitrogens with one attached hydrogen (secondary N) is 3. The lowest BCUT2D eigenvalue weighted by Gasteiger charge is -2.13. The fourth-order valence-corrected chi connectivity index (χ4v) is 2.04. The van der Waals surface area contributed by atoms with Gasteiger partial charge in [0.05, 0.1) is 6.10 Å². The van der Waals surface area contributed by atoms with E-state index >= 15 is 0 Å². The lowest BCUT2D eigenvalue weighted by atomic mass is 10.2. The quantitative estimate of drug-likeness (QED) is 0.551. The Morgan fingerprint density at radius 3 is 2.27 bits per heavy atom. The van der Waals surface area contributed by atoms with Crippen LogP contribution in [0.5, 0.6) is 5.75 Å². The Bertz CT molecular complexity index is 766. The lowest BCUT2D eigenvalue weighted by molar-refractivity contribution is 0.0934. The first-order chi connectivity index (χ1) is 12.5. The Morgan fingerprint density at radius 2 is 1.65 bits per heavy atom. The van der Waals surface area contributed by atoms with Gasteiger partial charge in [0.25, 0.3) is 11.8 Å². The summed E-state index contributed by atoms with van der Waals surface area (Å²) in [6.07, 6.45) is 4.01. The summed E-state index contributed by atoms with van der Waals surface area (Å²) in [6, 6.07) is 9.85. The first kappa shape index (κ1) is 19.3. The number of hydrazine groups is 1. The number of amides is 2. The fourth-order valence-electron chi connectivity index (χ4n) is 1.90. The molecule has 1 aromatic carbocycles. The Hall–Kier alpha value is -3.00. The predicted octanol–water partition coefficient (Wildman–Crippen LogP) is 2.21. The number of hydrogen-bond acceptors (Lipinski definition) is 5. The Kier molecular flexibility index (Phi) is 7.04. The molecule has 136 valence electrons. The maximum Gasteiger partial charge on any atom is 0.269 e. The van der Waals surface area contributed by atoms with Crippen LogP contribution in [0.3, 0.4) is 0 Å². The van der Waals surface area contributed by atoms with E-state index in [9.17, 15) is 9.59 Å². The summed E-state index contributed by atoms with van der Waals surface area (Å²) >= 11 is 5.00. The molecule has 1 heterocycles. The van der Waals surface area contributed by atoms with Crippen LogP contribution in [0.1, 0.15) is 41.0 Å². The number of aromatic nitrogens is 1. The first-order valence-corrected chi connectivity index (χ1v) is 8.48. The van der Waals surface area contributed by atoms with Gasteiger partial charge in [-0.15, -0.1) is 0 Å². The number of nitrogens with zero attached hydrogens (tertiary/aromatic N) is 1. The highest BCUT2D eigenvalue weighted by Crippen LogP contribution is 2.14. The second kappa shape index (κ2) is 9.47. The second-order valence-electron chi connectivity index (χ2n) is 5.46. The van der Waals surface area contributed by atoms with Crippen molar-refractivity contribution in [3.8, 4) is 5.75 Å². The van der Waals surface area contributed by atoms with Crippen molar-refractivity contribution in [1.29, 1.82) is 0 Å². The molecule has 1 atom stereocenters. The number of carbonyl (C=O) groups excluding carboxylic acids is 2. The summed E-state index contributed by atoms with van der Waals surface area (Å²) in [5.41, 5.74) is 5.72. The number of rotatable bonds is 5. The highest BCUT2D eigenvalue weighted by Gasteiger charge is 2.10. The Labute approximate surface area is 157 Å². The van der Waals surface area contributed by atoms with Crippen LogP contribution in [0.15, 0.2) is 48.8 Å². The lowest BCUT2D eigenvalue weighted by Crippen LogP contribution is -2.48. The van der Waals surface area contributed by atoms with Crippen molar-refractivity contribution in [1.82, 2.24) is 21.2 Å². The minimum atomic E-state index is -0.393. The zero-order valence-corrected chi connectivity index (χ0v) is 15.3. The molecule has 2 rings (SSSR count). The molecule has 2 amide bonds. The highest BCUT2D eigenvalue weighted by molar-refractivity contribution is 7.80. The third-order valence-electron chi connectivity index (χ3n) is 3.49. The van der Waals surface area contributed by atoms with Gasteiger partial charge in [-0.1, -0.05) is 6.92 Å². The van der Waals surface area contributed by atoms with Crippen molar-refractivity contribution >= 4 is 29.1 Å². The zero-order valence-electron chi connectivity index (χ0n) is 14.5. The number of benzene rings is 1. The van der Waals surface area contributed by atoms with Gasteiger partial charge in [-0.25, -0.2) is 0 Å². The minimum Gasteiger partial charge on any atom is -0.491 e. The van der Waals surface area contributed by atoms with Crippen molar-refractivity contribution in [3.05, 3.63) is 59.9 Å². The Morgan fingerprint density at radius 1 is 1.04 bits per heavy atom. The van der Waals surface area contributed by atoms with Crippen molar-refractivity contribution in [2.75, 3.05) is 0 Å². The maximum absolute atomic E-state index is 12.2. The molecule has 0 spiro atoms. The maximum atomic E-state index is 12.2. The molecule has 0 saturated carbocycles.